The first-order chi connectivity index (χ1) is 12.1. The highest BCUT2D eigenvalue weighted by molar-refractivity contribution is 7.79. The van der Waals surface area contributed by atoms with E-state index in [0.29, 0.717) is 24.7 Å². The Morgan fingerprint density at radius 1 is 1.15 bits per heavy atom. The van der Waals surface area contributed by atoms with Crippen LogP contribution < -0.4 is 0 Å². The third-order valence-electron chi connectivity index (χ3n) is 3.32. The zero-order valence-corrected chi connectivity index (χ0v) is 16.6. The third-order valence-corrected chi connectivity index (χ3v) is 3.32. The van der Waals surface area contributed by atoms with Crippen LogP contribution in [0.2, 0.25) is 0 Å². The van der Waals surface area contributed by atoms with Crippen LogP contribution in [0.3, 0.4) is 0 Å². The van der Waals surface area contributed by atoms with E-state index >= 15 is 0 Å². The van der Waals surface area contributed by atoms with Crippen molar-refractivity contribution < 1.29 is 31.8 Å². The van der Waals surface area contributed by atoms with Crippen molar-refractivity contribution in [2.45, 2.75) is 45.6 Å². The molecule has 9 nitrogen and oxygen atoms in total. The molecule has 150 valence electrons. The molecule has 0 saturated heterocycles. The molecule has 1 atom stereocenters. The number of hydrogen-bond donors (Lipinski definition) is 2. The number of nitrogens with zero attached hydrogens (tertiary/aromatic N) is 3. The summed E-state index contributed by atoms with van der Waals surface area (Å²) in [7, 11) is -0.689. The van der Waals surface area contributed by atoms with Gasteiger partial charge in [0.2, 0.25) is 5.76 Å². The van der Waals surface area contributed by atoms with E-state index in [1.54, 1.807) is 6.08 Å². The van der Waals surface area contributed by atoms with Crippen molar-refractivity contribution in [3.8, 4) is 0 Å². The Labute approximate surface area is 155 Å². The lowest BCUT2D eigenvalue weighted by Crippen LogP contribution is -2.33. The maximum atomic E-state index is 9.19. The SMILES string of the molecule is CCCCOC1=CC(N(C)C)C(OCCCC)=CC1=[N+]=[N-].O=S(=O)(O)O. The summed E-state index contributed by atoms with van der Waals surface area (Å²) in [5, 5.41) is 0. The molecule has 1 rings (SSSR count). The van der Waals surface area contributed by atoms with Gasteiger partial charge in [0.1, 0.15) is 5.76 Å². The fraction of sp³-hybridized carbons (Fsp3) is 0.688. The van der Waals surface area contributed by atoms with Crippen molar-refractivity contribution in [3.63, 3.8) is 0 Å². The van der Waals surface area contributed by atoms with Crippen LogP contribution in [0, 0.1) is 0 Å². The summed E-state index contributed by atoms with van der Waals surface area (Å²) >= 11 is 0. The molecule has 0 aromatic carbocycles. The Hall–Kier alpha value is -1.71. The quantitative estimate of drug-likeness (QED) is 0.267. The molecular weight excluding hydrogens is 362 g/mol. The summed E-state index contributed by atoms with van der Waals surface area (Å²) in [6, 6.07) is 0.00369. The molecule has 0 saturated carbocycles. The van der Waals surface area contributed by atoms with Crippen LogP contribution in [0.1, 0.15) is 39.5 Å². The Morgan fingerprint density at radius 2 is 1.65 bits per heavy atom. The van der Waals surface area contributed by atoms with Gasteiger partial charge in [-0.3, -0.25) is 14.0 Å². The zero-order valence-electron chi connectivity index (χ0n) is 15.8. The summed E-state index contributed by atoms with van der Waals surface area (Å²) in [6.45, 7) is 5.54. The average molecular weight is 391 g/mol. The van der Waals surface area contributed by atoms with E-state index < -0.39 is 10.4 Å². The van der Waals surface area contributed by atoms with E-state index in [0.717, 1.165) is 31.4 Å². The van der Waals surface area contributed by atoms with Gasteiger partial charge in [0.25, 0.3) is 0 Å². The van der Waals surface area contributed by atoms with Crippen molar-refractivity contribution in [1.29, 1.82) is 0 Å². The smallest absolute Gasteiger partial charge is 0.394 e. The largest absolute Gasteiger partial charge is 0.496 e. The van der Waals surface area contributed by atoms with Crippen LogP contribution >= 0.6 is 0 Å². The van der Waals surface area contributed by atoms with E-state index in [2.05, 4.69) is 23.5 Å². The van der Waals surface area contributed by atoms with Crippen LogP contribution in [0.5, 0.6) is 0 Å². The van der Waals surface area contributed by atoms with Crippen molar-refractivity contribution in [2.24, 2.45) is 0 Å². The fourth-order valence-electron chi connectivity index (χ4n) is 1.99. The lowest BCUT2D eigenvalue weighted by Gasteiger charge is -2.26. The Balaban J connectivity index is 0.00000110. The van der Waals surface area contributed by atoms with Gasteiger partial charge in [-0.15, -0.1) is 0 Å². The van der Waals surface area contributed by atoms with Gasteiger partial charge in [0.05, 0.1) is 25.3 Å². The van der Waals surface area contributed by atoms with Gasteiger partial charge < -0.3 is 15.0 Å². The van der Waals surface area contributed by atoms with Crippen LogP contribution in [-0.4, -0.2) is 66.3 Å². The number of ether oxygens (including phenoxy) is 2. The number of hydrogen-bond acceptors (Lipinski definition) is 5. The predicted molar refractivity (Wildman–Crippen MR) is 98.2 cm³/mol. The minimum absolute atomic E-state index is 0.00369. The number of likely N-dealkylation sites (N-methyl/N-ethyl adjacent to an activating group) is 1. The first-order valence-electron chi connectivity index (χ1n) is 8.41. The molecule has 10 heteroatoms. The second kappa shape index (κ2) is 12.6. The maximum Gasteiger partial charge on any atom is 0.394 e. The molecule has 1 aliphatic rings. The zero-order chi connectivity index (χ0) is 20.2. The van der Waals surface area contributed by atoms with Crippen molar-refractivity contribution >= 4 is 16.1 Å². The van der Waals surface area contributed by atoms with Crippen molar-refractivity contribution in [1.82, 2.24) is 4.90 Å². The molecule has 1 aliphatic carbocycles. The molecule has 26 heavy (non-hydrogen) atoms. The van der Waals surface area contributed by atoms with E-state index in [1.807, 2.05) is 20.2 Å². The van der Waals surface area contributed by atoms with Gasteiger partial charge in [-0.05, 0) is 33.0 Å². The molecule has 1 unspecified atom stereocenters. The fourth-order valence-corrected chi connectivity index (χ4v) is 1.99. The first kappa shape index (κ1) is 24.3. The normalized spacial score (nSPS) is 16.9. The standard InChI is InChI=1S/C16H27N3O2.H2O4S/c1-5-7-9-20-15-12-14(19(3)4)16(11-13(15)18-17)21-10-8-6-2;1-5(2,3)4/h11-12,14H,5-10H2,1-4H3;(H2,1,2,3,4). The van der Waals surface area contributed by atoms with Crippen LogP contribution in [-0.2, 0) is 19.9 Å². The molecule has 0 bridgehead atoms. The van der Waals surface area contributed by atoms with E-state index in [1.165, 1.54) is 0 Å². The molecule has 0 fully saturated rings. The van der Waals surface area contributed by atoms with Gasteiger partial charge in [-0.2, -0.15) is 13.2 Å². The van der Waals surface area contributed by atoms with Gasteiger partial charge in [0, 0.05) is 0 Å². The second-order valence-electron chi connectivity index (χ2n) is 5.82. The Morgan fingerprint density at radius 3 is 2.08 bits per heavy atom. The highest BCUT2D eigenvalue weighted by atomic mass is 32.3. The lowest BCUT2D eigenvalue weighted by atomic mass is 10.0. The molecule has 0 amide bonds. The van der Waals surface area contributed by atoms with Crippen LogP contribution in [0.15, 0.2) is 23.7 Å². The molecule has 0 aromatic heterocycles. The second-order valence-corrected chi connectivity index (χ2v) is 6.72. The summed E-state index contributed by atoms with van der Waals surface area (Å²) in [5.41, 5.74) is 9.61. The third kappa shape index (κ3) is 11.0. The molecule has 0 radical (unpaired) electrons. The highest BCUT2D eigenvalue weighted by Crippen LogP contribution is 2.21. The lowest BCUT2D eigenvalue weighted by molar-refractivity contribution is -0.00910. The summed E-state index contributed by atoms with van der Waals surface area (Å²) in [4.78, 5) is 5.38. The average Bonchev–Trinajstić information content (AvgIpc) is 2.54. The monoisotopic (exact) mass is 391 g/mol. The van der Waals surface area contributed by atoms with Gasteiger partial charge in [-0.1, -0.05) is 26.7 Å². The van der Waals surface area contributed by atoms with E-state index in [4.69, 9.17) is 27.0 Å². The minimum Gasteiger partial charge on any atom is -0.496 e. The number of rotatable bonds is 9. The summed E-state index contributed by atoms with van der Waals surface area (Å²) < 4.78 is 43.1. The van der Waals surface area contributed by atoms with E-state index in [9.17, 15) is 5.53 Å². The van der Waals surface area contributed by atoms with Gasteiger partial charge >= 0.3 is 16.1 Å². The molecular formula is C16H29N3O6S. The maximum absolute atomic E-state index is 9.19. The summed E-state index contributed by atoms with van der Waals surface area (Å²) in [5.74, 6) is 1.41. The van der Waals surface area contributed by atoms with Crippen LogP contribution in [0.25, 0.3) is 5.53 Å². The van der Waals surface area contributed by atoms with Gasteiger partial charge in [0.15, 0.2) is 0 Å². The molecule has 0 spiro atoms. The summed E-state index contributed by atoms with van der Waals surface area (Å²) in [6.07, 6.45) is 7.85. The van der Waals surface area contributed by atoms with Crippen molar-refractivity contribution in [3.05, 3.63) is 29.2 Å². The molecule has 0 aromatic rings. The van der Waals surface area contributed by atoms with Crippen molar-refractivity contribution in [2.75, 3.05) is 27.3 Å². The Kier molecular flexibility index (Phi) is 11.8. The highest BCUT2D eigenvalue weighted by Gasteiger charge is 2.29. The number of allylic oxidation sites excluding steroid dienone is 1. The van der Waals surface area contributed by atoms with Gasteiger partial charge in [-0.25, -0.2) is 0 Å². The molecule has 0 aliphatic heterocycles. The predicted octanol–water partition coefficient (Wildman–Crippen LogP) is 2.35. The Bertz CT molecular complexity index is 628. The first-order valence-corrected chi connectivity index (χ1v) is 9.81. The van der Waals surface area contributed by atoms with E-state index in [-0.39, 0.29) is 6.04 Å². The minimum atomic E-state index is -4.67. The number of unbranched alkanes of at least 4 members (excludes halogenated alkanes) is 2. The topological polar surface area (TPSA) is 133 Å². The molecule has 0 heterocycles. The molecule has 2 N–H and O–H groups in total. The van der Waals surface area contributed by atoms with Crippen LogP contribution in [0.4, 0.5) is 0 Å².